The maximum Gasteiger partial charge on any atom is 0.217 e. The molecule has 0 amide bonds. The zero-order chi connectivity index (χ0) is 15.3. The molecule has 0 saturated carbocycles. The Morgan fingerprint density at radius 1 is 1.48 bits per heavy atom. The van der Waals surface area contributed by atoms with Crippen molar-refractivity contribution in [1.29, 1.82) is 0 Å². The van der Waals surface area contributed by atoms with Crippen molar-refractivity contribution in [3.8, 4) is 5.75 Å². The summed E-state index contributed by atoms with van der Waals surface area (Å²) in [5, 5.41) is 9.04. The third kappa shape index (κ3) is 4.57. The van der Waals surface area contributed by atoms with Gasteiger partial charge in [0.25, 0.3) is 0 Å². The summed E-state index contributed by atoms with van der Waals surface area (Å²) in [5.41, 5.74) is 6.18. The smallest absolute Gasteiger partial charge is 0.217 e. The van der Waals surface area contributed by atoms with Crippen molar-refractivity contribution >= 4 is 15.7 Å². The van der Waals surface area contributed by atoms with Gasteiger partial charge in [-0.1, -0.05) is 6.07 Å². The number of ether oxygens (including phenoxy) is 2. The molecule has 8 heteroatoms. The molecule has 1 heterocycles. The molecule has 1 aromatic rings. The number of nitrogens with two attached hydrogens (primary N) is 1. The van der Waals surface area contributed by atoms with Crippen molar-refractivity contribution in [3.05, 3.63) is 24.3 Å². The molecule has 7 nitrogen and oxygen atoms in total. The second kappa shape index (κ2) is 7.08. The average Bonchev–Trinajstić information content (AvgIpc) is 2.47. The number of anilines is 1. The highest BCUT2D eigenvalue weighted by atomic mass is 32.2. The highest BCUT2D eigenvalue weighted by Gasteiger charge is 2.28. The predicted molar refractivity (Wildman–Crippen MR) is 78.5 cm³/mol. The normalized spacial score (nSPS) is 20.3. The quantitative estimate of drug-likeness (QED) is 0.697. The first kappa shape index (κ1) is 16.0. The predicted octanol–water partition coefficient (Wildman–Crippen LogP) is -0.329. The first-order chi connectivity index (χ1) is 10.0. The van der Waals surface area contributed by atoms with Crippen LogP contribution in [0.15, 0.2) is 24.3 Å². The molecule has 0 radical (unpaired) electrons. The lowest BCUT2D eigenvalue weighted by Crippen LogP contribution is -2.48. The molecular formula is C13H20N2O5S. The first-order valence-corrected chi connectivity index (χ1v) is 8.31. The SMILES string of the molecule is Nc1cccc(OCCS(=O)(=O)N2CCOC(CO)C2)c1. The van der Waals surface area contributed by atoms with Gasteiger partial charge < -0.3 is 20.3 Å². The number of morpholine rings is 1. The highest BCUT2D eigenvalue weighted by Crippen LogP contribution is 2.15. The minimum Gasteiger partial charge on any atom is -0.492 e. The van der Waals surface area contributed by atoms with Gasteiger partial charge in [-0.15, -0.1) is 0 Å². The van der Waals surface area contributed by atoms with Crippen LogP contribution in [0.1, 0.15) is 0 Å². The number of aliphatic hydroxyl groups is 1. The van der Waals surface area contributed by atoms with Crippen molar-refractivity contribution in [2.24, 2.45) is 0 Å². The Kier molecular flexibility index (Phi) is 5.40. The molecule has 1 aliphatic rings. The topological polar surface area (TPSA) is 102 Å². The molecule has 1 aromatic carbocycles. The van der Waals surface area contributed by atoms with Gasteiger partial charge in [0.15, 0.2) is 0 Å². The van der Waals surface area contributed by atoms with Crippen LogP contribution >= 0.6 is 0 Å². The summed E-state index contributed by atoms with van der Waals surface area (Å²) in [5.74, 6) is 0.417. The fourth-order valence-electron chi connectivity index (χ4n) is 2.05. The van der Waals surface area contributed by atoms with Gasteiger partial charge in [0.1, 0.15) is 12.4 Å². The van der Waals surface area contributed by atoms with Crippen LogP contribution in [0.5, 0.6) is 5.75 Å². The molecule has 1 aliphatic heterocycles. The summed E-state index contributed by atoms with van der Waals surface area (Å²) in [6.07, 6.45) is -0.455. The third-order valence-corrected chi connectivity index (χ3v) is 4.97. The van der Waals surface area contributed by atoms with Crippen molar-refractivity contribution < 1.29 is 23.0 Å². The van der Waals surface area contributed by atoms with Crippen LogP contribution in [0.2, 0.25) is 0 Å². The van der Waals surface area contributed by atoms with Gasteiger partial charge in [-0.25, -0.2) is 8.42 Å². The molecule has 3 N–H and O–H groups in total. The molecule has 0 aliphatic carbocycles. The molecule has 0 spiro atoms. The van der Waals surface area contributed by atoms with Crippen molar-refractivity contribution in [2.45, 2.75) is 6.10 Å². The second-order valence-electron chi connectivity index (χ2n) is 4.77. The van der Waals surface area contributed by atoms with E-state index in [0.29, 0.717) is 24.6 Å². The zero-order valence-electron chi connectivity index (χ0n) is 11.6. The van der Waals surface area contributed by atoms with E-state index < -0.39 is 16.1 Å². The molecule has 0 bridgehead atoms. The molecule has 0 aromatic heterocycles. The van der Waals surface area contributed by atoms with Gasteiger partial charge in [-0.2, -0.15) is 4.31 Å². The minimum absolute atomic E-state index is 0.0485. The minimum atomic E-state index is -3.42. The van der Waals surface area contributed by atoms with Gasteiger partial charge in [0, 0.05) is 24.8 Å². The summed E-state index contributed by atoms with van der Waals surface area (Å²) in [7, 11) is -3.42. The van der Waals surface area contributed by atoms with Crippen molar-refractivity contribution in [2.75, 3.05) is 44.4 Å². The standard InChI is InChI=1S/C13H20N2O5S/c14-11-2-1-3-12(8-11)20-6-7-21(17,18)15-4-5-19-13(9-15)10-16/h1-3,8,13,16H,4-7,9-10,14H2. The molecule has 1 saturated heterocycles. The Labute approximate surface area is 124 Å². The van der Waals surface area contributed by atoms with Gasteiger partial charge >= 0.3 is 0 Å². The fourth-order valence-corrected chi connectivity index (χ4v) is 3.35. The second-order valence-corrected chi connectivity index (χ2v) is 6.86. The van der Waals surface area contributed by atoms with E-state index in [2.05, 4.69) is 0 Å². The molecule has 21 heavy (non-hydrogen) atoms. The number of nitrogen functional groups attached to an aromatic ring is 1. The lowest BCUT2D eigenvalue weighted by Gasteiger charge is -2.31. The Morgan fingerprint density at radius 3 is 3.00 bits per heavy atom. The Morgan fingerprint density at radius 2 is 2.29 bits per heavy atom. The van der Waals surface area contributed by atoms with Gasteiger partial charge in [0.05, 0.1) is 25.1 Å². The Hall–Kier alpha value is -1.35. The highest BCUT2D eigenvalue weighted by molar-refractivity contribution is 7.89. The van der Waals surface area contributed by atoms with Gasteiger partial charge in [-0.05, 0) is 12.1 Å². The largest absolute Gasteiger partial charge is 0.492 e. The number of benzene rings is 1. The van der Waals surface area contributed by atoms with E-state index in [-0.39, 0.29) is 25.5 Å². The summed E-state index contributed by atoms with van der Waals surface area (Å²) in [6.45, 7) is 0.632. The number of hydrogen-bond donors (Lipinski definition) is 2. The number of sulfonamides is 1. The summed E-state index contributed by atoms with van der Waals surface area (Å²) in [4.78, 5) is 0. The van der Waals surface area contributed by atoms with Crippen molar-refractivity contribution in [3.63, 3.8) is 0 Å². The lowest BCUT2D eigenvalue weighted by molar-refractivity contribution is -0.0305. The van der Waals surface area contributed by atoms with E-state index in [1.165, 1.54) is 4.31 Å². The van der Waals surface area contributed by atoms with Gasteiger partial charge in [-0.3, -0.25) is 0 Å². The molecule has 2 rings (SSSR count). The zero-order valence-corrected chi connectivity index (χ0v) is 12.5. The van der Waals surface area contributed by atoms with Crippen molar-refractivity contribution in [1.82, 2.24) is 4.31 Å². The molecular weight excluding hydrogens is 296 g/mol. The van der Waals surface area contributed by atoms with Crippen LogP contribution in [0.25, 0.3) is 0 Å². The molecule has 1 unspecified atom stereocenters. The number of rotatable bonds is 6. The molecule has 1 atom stereocenters. The fraction of sp³-hybridized carbons (Fsp3) is 0.538. The van der Waals surface area contributed by atoms with E-state index in [1.54, 1.807) is 24.3 Å². The number of hydrogen-bond acceptors (Lipinski definition) is 6. The third-order valence-electron chi connectivity index (χ3n) is 3.17. The van der Waals surface area contributed by atoms with Crippen LogP contribution in [0.3, 0.4) is 0 Å². The van der Waals surface area contributed by atoms with Gasteiger partial charge in [0.2, 0.25) is 10.0 Å². The van der Waals surface area contributed by atoms with E-state index in [4.69, 9.17) is 20.3 Å². The van der Waals surface area contributed by atoms with Crippen LogP contribution < -0.4 is 10.5 Å². The molecule has 118 valence electrons. The summed E-state index contributed by atoms with van der Waals surface area (Å²) in [6, 6.07) is 6.84. The number of nitrogens with zero attached hydrogens (tertiary/aromatic N) is 1. The average molecular weight is 316 g/mol. The van der Waals surface area contributed by atoms with Crippen LogP contribution in [0.4, 0.5) is 5.69 Å². The van der Waals surface area contributed by atoms with E-state index in [1.807, 2.05) is 0 Å². The van der Waals surface area contributed by atoms with E-state index in [9.17, 15) is 8.42 Å². The van der Waals surface area contributed by atoms with Crippen LogP contribution in [-0.4, -0.2) is 62.6 Å². The van der Waals surface area contributed by atoms with E-state index in [0.717, 1.165) is 0 Å². The Bertz CT molecular complexity index is 563. The maximum absolute atomic E-state index is 12.2. The maximum atomic E-state index is 12.2. The summed E-state index contributed by atoms with van der Waals surface area (Å²) >= 11 is 0. The van der Waals surface area contributed by atoms with Crippen LogP contribution in [-0.2, 0) is 14.8 Å². The lowest BCUT2D eigenvalue weighted by atomic mass is 10.3. The van der Waals surface area contributed by atoms with Crippen LogP contribution in [0, 0.1) is 0 Å². The molecule has 1 fully saturated rings. The summed E-state index contributed by atoms with van der Waals surface area (Å²) < 4.78 is 36.3. The number of aliphatic hydroxyl groups excluding tert-OH is 1. The Balaban J connectivity index is 1.86. The van der Waals surface area contributed by atoms with E-state index >= 15 is 0 Å². The monoisotopic (exact) mass is 316 g/mol. The first-order valence-electron chi connectivity index (χ1n) is 6.70.